The van der Waals surface area contributed by atoms with Gasteiger partial charge in [-0.25, -0.2) is 0 Å². The summed E-state index contributed by atoms with van der Waals surface area (Å²) in [4.78, 5) is 2.69. The highest BCUT2D eigenvalue weighted by molar-refractivity contribution is 5.55. The fourth-order valence-electron chi connectivity index (χ4n) is 4.74. The van der Waals surface area contributed by atoms with E-state index in [2.05, 4.69) is 73.8 Å². The van der Waals surface area contributed by atoms with Gasteiger partial charge >= 0.3 is 0 Å². The van der Waals surface area contributed by atoms with Crippen molar-refractivity contribution in [3.05, 3.63) is 53.6 Å². The smallest absolute Gasteiger partial charge is 0.164 e. The summed E-state index contributed by atoms with van der Waals surface area (Å²) in [7, 11) is 0. The Balaban J connectivity index is 1.44. The zero-order valence-electron chi connectivity index (χ0n) is 16.0. The van der Waals surface area contributed by atoms with Crippen LogP contribution in [0.3, 0.4) is 0 Å². The topological polar surface area (TPSA) is 51.8 Å². The van der Waals surface area contributed by atoms with Crippen LogP contribution in [0.25, 0.3) is 11.4 Å². The molecule has 5 rings (SSSR count). The third kappa shape index (κ3) is 2.79. The Labute approximate surface area is 159 Å². The van der Waals surface area contributed by atoms with Gasteiger partial charge in [0.2, 0.25) is 0 Å². The predicted octanol–water partition coefficient (Wildman–Crippen LogP) is 3.06. The lowest BCUT2D eigenvalue weighted by atomic mass is 10.1. The van der Waals surface area contributed by atoms with Gasteiger partial charge < -0.3 is 4.57 Å². The van der Waals surface area contributed by atoms with Crippen LogP contribution in [0, 0.1) is 6.92 Å². The molecule has 27 heavy (non-hydrogen) atoms. The van der Waals surface area contributed by atoms with Crippen LogP contribution in [0.2, 0.25) is 0 Å². The largest absolute Gasteiger partial charge is 0.309 e. The fourth-order valence-corrected chi connectivity index (χ4v) is 4.74. The maximum Gasteiger partial charge on any atom is 0.164 e. The molecule has 1 saturated heterocycles. The molecule has 1 fully saturated rings. The SMILES string of the molecule is CCn1ncc(CN2C3CCC2Cn2c(nnc2-c2ccccc2)C3)c1C. The van der Waals surface area contributed by atoms with Crippen LogP contribution < -0.4 is 0 Å². The normalized spacial score (nSPS) is 22.0. The van der Waals surface area contributed by atoms with Gasteiger partial charge in [0.15, 0.2) is 5.82 Å². The standard InChI is InChI=1S/C21H26N6/c1-3-27-15(2)17(12-22-27)13-25-18-9-10-19(25)14-26-20(11-18)23-24-21(26)16-7-5-4-6-8-16/h4-8,12,18-19H,3,9-11,13-14H2,1-2H3. The van der Waals surface area contributed by atoms with E-state index in [0.29, 0.717) is 12.1 Å². The minimum atomic E-state index is 0.541. The van der Waals surface area contributed by atoms with Crippen molar-refractivity contribution in [1.82, 2.24) is 29.4 Å². The third-order valence-corrected chi connectivity index (χ3v) is 6.30. The van der Waals surface area contributed by atoms with Crippen LogP contribution in [0.1, 0.15) is 36.8 Å². The van der Waals surface area contributed by atoms with Gasteiger partial charge in [-0.05, 0) is 26.7 Å². The molecule has 2 unspecified atom stereocenters. The number of rotatable bonds is 4. The van der Waals surface area contributed by atoms with E-state index in [4.69, 9.17) is 0 Å². The lowest BCUT2D eigenvalue weighted by Crippen LogP contribution is -2.36. The number of fused-ring (bicyclic) bond motifs is 3. The Morgan fingerprint density at radius 1 is 1.07 bits per heavy atom. The summed E-state index contributed by atoms with van der Waals surface area (Å²) < 4.78 is 4.45. The Morgan fingerprint density at radius 3 is 2.67 bits per heavy atom. The van der Waals surface area contributed by atoms with Crippen LogP contribution in [0.4, 0.5) is 0 Å². The van der Waals surface area contributed by atoms with E-state index in [9.17, 15) is 0 Å². The van der Waals surface area contributed by atoms with Crippen molar-refractivity contribution < 1.29 is 0 Å². The molecule has 2 aliphatic rings. The average Bonchev–Trinajstić information content (AvgIpc) is 3.33. The highest BCUT2D eigenvalue weighted by Gasteiger charge is 2.38. The van der Waals surface area contributed by atoms with E-state index >= 15 is 0 Å². The first-order chi connectivity index (χ1) is 13.2. The molecular formula is C21H26N6. The van der Waals surface area contributed by atoms with Crippen LogP contribution in [0.5, 0.6) is 0 Å². The van der Waals surface area contributed by atoms with Crippen molar-refractivity contribution in [2.75, 3.05) is 0 Å². The molecule has 0 spiro atoms. The lowest BCUT2D eigenvalue weighted by molar-refractivity contribution is 0.180. The zero-order valence-corrected chi connectivity index (χ0v) is 16.0. The van der Waals surface area contributed by atoms with Crippen molar-refractivity contribution >= 4 is 0 Å². The van der Waals surface area contributed by atoms with E-state index in [0.717, 1.165) is 43.3 Å². The molecule has 2 aliphatic heterocycles. The number of hydrogen-bond acceptors (Lipinski definition) is 4. The molecule has 0 saturated carbocycles. The summed E-state index contributed by atoms with van der Waals surface area (Å²) in [6.07, 6.45) is 5.53. The van der Waals surface area contributed by atoms with Gasteiger partial charge in [-0.15, -0.1) is 10.2 Å². The average molecular weight is 362 g/mol. The first kappa shape index (κ1) is 16.7. The van der Waals surface area contributed by atoms with Gasteiger partial charge in [-0.1, -0.05) is 30.3 Å². The van der Waals surface area contributed by atoms with Gasteiger partial charge in [-0.2, -0.15) is 5.10 Å². The van der Waals surface area contributed by atoms with Crippen LogP contribution in [0.15, 0.2) is 36.5 Å². The third-order valence-electron chi connectivity index (χ3n) is 6.30. The molecule has 2 atom stereocenters. The Bertz CT molecular complexity index is 941. The maximum atomic E-state index is 4.56. The highest BCUT2D eigenvalue weighted by atomic mass is 15.3. The molecule has 3 aromatic rings. The molecular weight excluding hydrogens is 336 g/mol. The summed E-state index contributed by atoms with van der Waals surface area (Å²) in [6.45, 7) is 7.23. The number of hydrogen-bond donors (Lipinski definition) is 0. The molecule has 0 aliphatic carbocycles. The second-order valence-corrected chi connectivity index (χ2v) is 7.75. The van der Waals surface area contributed by atoms with Crippen molar-refractivity contribution in [3.8, 4) is 11.4 Å². The number of aryl methyl sites for hydroxylation is 1. The molecule has 0 radical (unpaired) electrons. The van der Waals surface area contributed by atoms with E-state index in [-0.39, 0.29) is 0 Å². The Hall–Kier alpha value is -2.47. The van der Waals surface area contributed by atoms with Crippen molar-refractivity contribution in [1.29, 1.82) is 0 Å². The number of aromatic nitrogens is 5. The van der Waals surface area contributed by atoms with Crippen molar-refractivity contribution in [3.63, 3.8) is 0 Å². The van der Waals surface area contributed by atoms with E-state index in [1.807, 2.05) is 6.07 Å². The van der Waals surface area contributed by atoms with Gasteiger partial charge in [0.25, 0.3) is 0 Å². The molecule has 4 heterocycles. The molecule has 2 aromatic heterocycles. The van der Waals surface area contributed by atoms with Gasteiger partial charge in [-0.3, -0.25) is 9.58 Å². The van der Waals surface area contributed by atoms with Crippen LogP contribution >= 0.6 is 0 Å². The number of benzene rings is 1. The number of nitrogens with zero attached hydrogens (tertiary/aromatic N) is 6. The molecule has 2 bridgehead atoms. The minimum absolute atomic E-state index is 0.541. The summed E-state index contributed by atoms with van der Waals surface area (Å²) in [5.74, 6) is 2.14. The second-order valence-electron chi connectivity index (χ2n) is 7.75. The molecule has 0 amide bonds. The maximum absolute atomic E-state index is 4.56. The molecule has 0 N–H and O–H groups in total. The van der Waals surface area contributed by atoms with Crippen molar-refractivity contribution in [2.24, 2.45) is 0 Å². The molecule has 140 valence electrons. The minimum Gasteiger partial charge on any atom is -0.309 e. The summed E-state index contributed by atoms with van der Waals surface area (Å²) in [5, 5.41) is 13.6. The molecule has 6 nitrogen and oxygen atoms in total. The van der Waals surface area contributed by atoms with Crippen LogP contribution in [-0.4, -0.2) is 41.5 Å². The lowest BCUT2D eigenvalue weighted by Gasteiger charge is -2.27. The second kappa shape index (κ2) is 6.60. The highest BCUT2D eigenvalue weighted by Crippen LogP contribution is 2.34. The predicted molar refractivity (Wildman–Crippen MR) is 104 cm³/mol. The summed E-state index contributed by atoms with van der Waals surface area (Å²) in [5.41, 5.74) is 3.81. The Kier molecular flexibility index (Phi) is 4.08. The molecule has 6 heteroatoms. The Morgan fingerprint density at radius 2 is 1.89 bits per heavy atom. The monoisotopic (exact) mass is 362 g/mol. The first-order valence-electron chi connectivity index (χ1n) is 9.99. The molecule has 1 aromatic carbocycles. The van der Waals surface area contributed by atoms with E-state index in [1.165, 1.54) is 24.1 Å². The first-order valence-corrected chi connectivity index (χ1v) is 9.99. The van der Waals surface area contributed by atoms with Gasteiger partial charge in [0.1, 0.15) is 5.82 Å². The van der Waals surface area contributed by atoms with Crippen LogP contribution in [-0.2, 0) is 26.1 Å². The quantitative estimate of drug-likeness (QED) is 0.716. The van der Waals surface area contributed by atoms with Gasteiger partial charge in [0, 0.05) is 55.0 Å². The van der Waals surface area contributed by atoms with E-state index < -0.39 is 0 Å². The van der Waals surface area contributed by atoms with Crippen molar-refractivity contribution in [2.45, 2.75) is 64.8 Å². The zero-order chi connectivity index (χ0) is 18.4. The summed E-state index contributed by atoms with van der Waals surface area (Å²) >= 11 is 0. The van der Waals surface area contributed by atoms with Gasteiger partial charge in [0.05, 0.1) is 6.20 Å². The summed E-state index contributed by atoms with van der Waals surface area (Å²) in [6, 6.07) is 11.5. The fraction of sp³-hybridized carbons (Fsp3) is 0.476. The van der Waals surface area contributed by atoms with E-state index in [1.54, 1.807) is 0 Å².